The van der Waals surface area contributed by atoms with Crippen LogP contribution in [0.25, 0.3) is 5.65 Å². The standard InChI is InChI=1S/C9H10FN3/c1-6-7(5-11)13-8(10)3-2-4-9(13)12-6/h2-4H,5,11H2,1H3. The lowest BCUT2D eigenvalue weighted by Crippen LogP contribution is -2.04. The first-order valence-electron chi connectivity index (χ1n) is 4.06. The zero-order valence-corrected chi connectivity index (χ0v) is 7.29. The maximum absolute atomic E-state index is 13.3. The van der Waals surface area contributed by atoms with E-state index in [0.29, 0.717) is 12.2 Å². The number of imidazole rings is 1. The summed E-state index contributed by atoms with van der Waals surface area (Å²) in [5.74, 6) is -0.321. The third kappa shape index (κ3) is 1.10. The smallest absolute Gasteiger partial charge is 0.199 e. The Labute approximate surface area is 75.0 Å². The van der Waals surface area contributed by atoms with Gasteiger partial charge in [-0.2, -0.15) is 4.39 Å². The molecule has 0 radical (unpaired) electrons. The number of nitrogens with two attached hydrogens (primary N) is 1. The summed E-state index contributed by atoms with van der Waals surface area (Å²) in [6, 6.07) is 4.79. The van der Waals surface area contributed by atoms with Crippen LogP contribution in [0.1, 0.15) is 11.4 Å². The Morgan fingerprint density at radius 1 is 1.54 bits per heavy atom. The highest BCUT2D eigenvalue weighted by Gasteiger charge is 2.09. The van der Waals surface area contributed by atoms with Crippen LogP contribution in [0, 0.1) is 12.9 Å². The van der Waals surface area contributed by atoms with Crippen LogP contribution in [0.4, 0.5) is 4.39 Å². The Hall–Kier alpha value is -1.42. The van der Waals surface area contributed by atoms with Gasteiger partial charge in [0, 0.05) is 6.54 Å². The number of halogens is 1. The molecule has 0 aliphatic heterocycles. The van der Waals surface area contributed by atoms with E-state index in [1.807, 2.05) is 6.92 Å². The minimum atomic E-state index is -0.321. The van der Waals surface area contributed by atoms with Crippen molar-refractivity contribution < 1.29 is 4.39 Å². The normalized spacial score (nSPS) is 11.0. The van der Waals surface area contributed by atoms with E-state index in [0.717, 1.165) is 11.4 Å². The van der Waals surface area contributed by atoms with Crippen molar-refractivity contribution in [3.63, 3.8) is 0 Å². The molecule has 0 aromatic carbocycles. The summed E-state index contributed by atoms with van der Waals surface area (Å²) in [5, 5.41) is 0. The number of aryl methyl sites for hydroxylation is 1. The molecule has 68 valence electrons. The van der Waals surface area contributed by atoms with Gasteiger partial charge in [-0.3, -0.25) is 4.40 Å². The first-order valence-corrected chi connectivity index (χ1v) is 4.06. The molecule has 2 aromatic rings. The van der Waals surface area contributed by atoms with E-state index in [-0.39, 0.29) is 5.95 Å². The van der Waals surface area contributed by atoms with Crippen molar-refractivity contribution in [3.05, 3.63) is 35.5 Å². The van der Waals surface area contributed by atoms with E-state index in [2.05, 4.69) is 4.98 Å². The minimum absolute atomic E-state index is 0.300. The molecule has 0 bridgehead atoms. The summed E-state index contributed by atoms with van der Waals surface area (Å²) < 4.78 is 14.8. The molecule has 0 spiro atoms. The Bertz CT molecular complexity index is 447. The summed E-state index contributed by atoms with van der Waals surface area (Å²) in [5.41, 5.74) is 7.63. The second-order valence-corrected chi connectivity index (χ2v) is 2.89. The van der Waals surface area contributed by atoms with Crippen LogP contribution in [0.5, 0.6) is 0 Å². The van der Waals surface area contributed by atoms with Crippen LogP contribution >= 0.6 is 0 Å². The molecule has 0 aliphatic carbocycles. The molecule has 2 aromatic heterocycles. The monoisotopic (exact) mass is 179 g/mol. The van der Waals surface area contributed by atoms with Crippen LogP contribution in [-0.2, 0) is 6.54 Å². The zero-order chi connectivity index (χ0) is 9.42. The molecule has 0 amide bonds. The van der Waals surface area contributed by atoms with Gasteiger partial charge in [-0.1, -0.05) is 6.07 Å². The van der Waals surface area contributed by atoms with Gasteiger partial charge in [0.25, 0.3) is 0 Å². The number of hydrogen-bond acceptors (Lipinski definition) is 2. The topological polar surface area (TPSA) is 43.3 Å². The second kappa shape index (κ2) is 2.81. The maximum Gasteiger partial charge on any atom is 0.199 e. The zero-order valence-electron chi connectivity index (χ0n) is 7.29. The Balaban J connectivity index is 2.88. The second-order valence-electron chi connectivity index (χ2n) is 2.89. The number of pyridine rings is 1. The van der Waals surface area contributed by atoms with Crippen LogP contribution in [0.3, 0.4) is 0 Å². The summed E-state index contributed by atoms with van der Waals surface area (Å²) >= 11 is 0. The summed E-state index contributed by atoms with van der Waals surface area (Å²) in [6.07, 6.45) is 0. The third-order valence-corrected chi connectivity index (χ3v) is 2.08. The molecule has 2 rings (SSSR count). The quantitative estimate of drug-likeness (QED) is 0.669. The largest absolute Gasteiger partial charge is 0.325 e. The molecule has 2 N–H and O–H groups in total. The Morgan fingerprint density at radius 2 is 2.31 bits per heavy atom. The maximum atomic E-state index is 13.3. The van der Waals surface area contributed by atoms with Gasteiger partial charge in [-0.05, 0) is 19.1 Å². The lowest BCUT2D eigenvalue weighted by molar-refractivity contribution is 0.560. The van der Waals surface area contributed by atoms with Crippen LogP contribution < -0.4 is 5.73 Å². The van der Waals surface area contributed by atoms with Crippen molar-refractivity contribution in [2.75, 3.05) is 0 Å². The fourth-order valence-electron chi connectivity index (χ4n) is 1.46. The van der Waals surface area contributed by atoms with E-state index >= 15 is 0 Å². The van der Waals surface area contributed by atoms with Gasteiger partial charge >= 0.3 is 0 Å². The molecular formula is C9H10FN3. The third-order valence-electron chi connectivity index (χ3n) is 2.08. The highest BCUT2D eigenvalue weighted by atomic mass is 19.1. The summed E-state index contributed by atoms with van der Waals surface area (Å²) in [4.78, 5) is 4.19. The van der Waals surface area contributed by atoms with E-state index in [1.54, 1.807) is 12.1 Å². The number of aromatic nitrogens is 2. The SMILES string of the molecule is Cc1nc2cccc(F)n2c1CN. The number of fused-ring (bicyclic) bond motifs is 1. The Morgan fingerprint density at radius 3 is 3.00 bits per heavy atom. The highest BCUT2D eigenvalue weighted by Crippen LogP contribution is 2.13. The number of rotatable bonds is 1. The van der Waals surface area contributed by atoms with Gasteiger partial charge in [0.1, 0.15) is 5.65 Å². The number of nitrogens with zero attached hydrogens (tertiary/aromatic N) is 2. The van der Waals surface area contributed by atoms with Gasteiger partial charge < -0.3 is 5.73 Å². The molecule has 2 heterocycles. The molecule has 3 nitrogen and oxygen atoms in total. The van der Waals surface area contributed by atoms with Gasteiger partial charge in [-0.25, -0.2) is 4.98 Å². The fraction of sp³-hybridized carbons (Fsp3) is 0.222. The lowest BCUT2D eigenvalue weighted by Gasteiger charge is -1.99. The number of hydrogen-bond donors (Lipinski definition) is 1. The average Bonchev–Trinajstić information content (AvgIpc) is 2.42. The fourth-order valence-corrected chi connectivity index (χ4v) is 1.46. The van der Waals surface area contributed by atoms with Crippen molar-refractivity contribution >= 4 is 5.65 Å². The van der Waals surface area contributed by atoms with Crippen LogP contribution in [0.2, 0.25) is 0 Å². The molecule has 13 heavy (non-hydrogen) atoms. The first-order chi connectivity index (χ1) is 6.24. The van der Waals surface area contributed by atoms with Crippen molar-refractivity contribution in [2.45, 2.75) is 13.5 Å². The summed E-state index contributed by atoms with van der Waals surface area (Å²) in [7, 11) is 0. The molecule has 0 unspecified atom stereocenters. The van der Waals surface area contributed by atoms with Gasteiger partial charge in [0.15, 0.2) is 5.95 Å². The predicted molar refractivity (Wildman–Crippen MR) is 47.8 cm³/mol. The lowest BCUT2D eigenvalue weighted by atomic mass is 10.3. The highest BCUT2D eigenvalue weighted by molar-refractivity contribution is 5.43. The minimum Gasteiger partial charge on any atom is -0.325 e. The van der Waals surface area contributed by atoms with Gasteiger partial charge in [-0.15, -0.1) is 0 Å². The predicted octanol–water partition coefficient (Wildman–Crippen LogP) is 1.24. The van der Waals surface area contributed by atoms with Crippen molar-refractivity contribution in [1.82, 2.24) is 9.38 Å². The Kier molecular flexibility index (Phi) is 1.77. The average molecular weight is 179 g/mol. The molecule has 0 atom stereocenters. The molecule has 0 saturated heterocycles. The molecule has 0 aliphatic rings. The van der Waals surface area contributed by atoms with E-state index in [9.17, 15) is 4.39 Å². The van der Waals surface area contributed by atoms with E-state index in [1.165, 1.54) is 10.5 Å². The molecule has 0 saturated carbocycles. The van der Waals surface area contributed by atoms with Gasteiger partial charge in [0.05, 0.1) is 11.4 Å². The van der Waals surface area contributed by atoms with Gasteiger partial charge in [0.2, 0.25) is 0 Å². The van der Waals surface area contributed by atoms with Crippen molar-refractivity contribution in [2.24, 2.45) is 5.73 Å². The van der Waals surface area contributed by atoms with E-state index in [4.69, 9.17) is 5.73 Å². The first kappa shape index (κ1) is 8.19. The molecule has 4 heteroatoms. The van der Waals surface area contributed by atoms with Crippen molar-refractivity contribution in [1.29, 1.82) is 0 Å². The molecular weight excluding hydrogens is 169 g/mol. The van der Waals surface area contributed by atoms with Crippen LogP contribution in [-0.4, -0.2) is 9.38 Å². The van der Waals surface area contributed by atoms with E-state index < -0.39 is 0 Å². The van der Waals surface area contributed by atoms with Crippen molar-refractivity contribution in [3.8, 4) is 0 Å². The summed E-state index contributed by atoms with van der Waals surface area (Å²) in [6.45, 7) is 2.13. The van der Waals surface area contributed by atoms with Crippen LogP contribution in [0.15, 0.2) is 18.2 Å². The molecule has 0 fully saturated rings.